The van der Waals surface area contributed by atoms with Crippen molar-refractivity contribution in [1.29, 1.82) is 0 Å². The van der Waals surface area contributed by atoms with Gasteiger partial charge in [0.1, 0.15) is 11.6 Å². The molecule has 4 rings (SSSR count). The molecule has 152 valence electrons. The number of aryl methyl sites for hydroxylation is 1. The third-order valence-corrected chi connectivity index (χ3v) is 6.01. The number of likely N-dealkylation sites (tertiary alicyclic amines) is 1. The minimum absolute atomic E-state index is 0.219. The molecule has 1 amide bonds. The molecule has 0 spiro atoms. The van der Waals surface area contributed by atoms with Gasteiger partial charge in [-0.05, 0) is 37.5 Å². The van der Waals surface area contributed by atoms with Gasteiger partial charge in [0.25, 0.3) is 0 Å². The van der Waals surface area contributed by atoms with Crippen molar-refractivity contribution in [2.75, 3.05) is 24.5 Å². The van der Waals surface area contributed by atoms with Crippen LogP contribution in [0.25, 0.3) is 0 Å². The lowest BCUT2D eigenvalue weighted by Gasteiger charge is -2.22. The monoisotopic (exact) mass is 410 g/mol. The lowest BCUT2D eigenvalue weighted by atomic mass is 10.1. The molecule has 1 aromatic carbocycles. The number of furan rings is 1. The van der Waals surface area contributed by atoms with Crippen LogP contribution in [0.5, 0.6) is 0 Å². The Kier molecular flexibility index (Phi) is 6.24. The summed E-state index contributed by atoms with van der Waals surface area (Å²) in [5, 5.41) is 0.831. The highest BCUT2D eigenvalue weighted by Gasteiger charge is 2.21. The Labute approximate surface area is 175 Å². The summed E-state index contributed by atoms with van der Waals surface area (Å²) in [6.07, 6.45) is 5.08. The number of benzene rings is 1. The van der Waals surface area contributed by atoms with E-state index in [1.54, 1.807) is 6.26 Å². The van der Waals surface area contributed by atoms with Crippen molar-refractivity contribution < 1.29 is 9.21 Å². The fraction of sp³-hybridized carbons (Fsp3) is 0.409. The summed E-state index contributed by atoms with van der Waals surface area (Å²) >= 11 is 1.38. The van der Waals surface area contributed by atoms with Crippen LogP contribution in [0.1, 0.15) is 42.0 Å². The van der Waals surface area contributed by atoms with Gasteiger partial charge < -0.3 is 14.2 Å². The molecule has 1 aliphatic rings. The minimum Gasteiger partial charge on any atom is -0.467 e. The number of anilines is 1. The average molecular weight is 411 g/mol. The van der Waals surface area contributed by atoms with E-state index in [1.807, 2.05) is 17.0 Å². The topological polar surface area (TPSA) is 62.5 Å². The first-order chi connectivity index (χ1) is 14.2. The number of carbonyl (C=O) groups is 1. The van der Waals surface area contributed by atoms with E-state index in [4.69, 9.17) is 9.40 Å². The van der Waals surface area contributed by atoms with Crippen LogP contribution >= 0.6 is 11.5 Å². The largest absolute Gasteiger partial charge is 0.467 e. The third-order valence-electron chi connectivity index (χ3n) is 5.19. The van der Waals surface area contributed by atoms with Gasteiger partial charge in [-0.2, -0.15) is 4.37 Å². The van der Waals surface area contributed by atoms with Gasteiger partial charge in [0.2, 0.25) is 11.0 Å². The van der Waals surface area contributed by atoms with Gasteiger partial charge in [-0.3, -0.25) is 4.79 Å². The van der Waals surface area contributed by atoms with Gasteiger partial charge in [0, 0.05) is 44.0 Å². The number of carbonyl (C=O) groups excluding carboxylic acids is 1. The molecule has 29 heavy (non-hydrogen) atoms. The van der Waals surface area contributed by atoms with Gasteiger partial charge in [0.15, 0.2) is 0 Å². The fourth-order valence-electron chi connectivity index (χ4n) is 3.52. The van der Waals surface area contributed by atoms with Crippen LogP contribution in [0.2, 0.25) is 0 Å². The first-order valence-electron chi connectivity index (χ1n) is 10.1. The van der Waals surface area contributed by atoms with Crippen LogP contribution in [-0.4, -0.2) is 39.8 Å². The molecule has 3 heterocycles. The molecule has 0 atom stereocenters. The van der Waals surface area contributed by atoms with Crippen LogP contribution in [0.4, 0.5) is 5.13 Å². The van der Waals surface area contributed by atoms with E-state index in [2.05, 4.69) is 40.5 Å². The Morgan fingerprint density at radius 3 is 2.72 bits per heavy atom. The second-order valence-electron chi connectivity index (χ2n) is 7.49. The van der Waals surface area contributed by atoms with E-state index in [-0.39, 0.29) is 5.91 Å². The highest BCUT2D eigenvalue weighted by molar-refractivity contribution is 7.09. The minimum atomic E-state index is 0.219. The maximum Gasteiger partial charge on any atom is 0.224 e. The normalized spacial score (nSPS) is 13.8. The van der Waals surface area contributed by atoms with Crippen LogP contribution in [0.15, 0.2) is 47.1 Å². The number of hydrogen-bond acceptors (Lipinski definition) is 6. The molecule has 0 radical (unpaired) electrons. The maximum atomic E-state index is 12.5. The van der Waals surface area contributed by atoms with E-state index in [0.717, 1.165) is 42.6 Å². The van der Waals surface area contributed by atoms with Crippen LogP contribution in [-0.2, 0) is 17.8 Å². The fourth-order valence-corrected chi connectivity index (χ4v) is 4.23. The van der Waals surface area contributed by atoms with E-state index in [9.17, 15) is 4.79 Å². The highest BCUT2D eigenvalue weighted by atomic mass is 32.1. The number of hydrogen-bond donors (Lipinski definition) is 0. The predicted octanol–water partition coefficient (Wildman–Crippen LogP) is 4.05. The van der Waals surface area contributed by atoms with Crippen molar-refractivity contribution in [2.45, 2.75) is 39.2 Å². The van der Waals surface area contributed by atoms with Crippen molar-refractivity contribution in [3.05, 3.63) is 65.4 Å². The Hall–Kier alpha value is -2.67. The van der Waals surface area contributed by atoms with Gasteiger partial charge >= 0.3 is 0 Å². The van der Waals surface area contributed by atoms with Crippen molar-refractivity contribution in [3.8, 4) is 0 Å². The summed E-state index contributed by atoms with van der Waals surface area (Å²) in [7, 11) is 0. The molecule has 1 fully saturated rings. The number of amides is 1. The molecular formula is C22H26N4O2S. The summed E-state index contributed by atoms with van der Waals surface area (Å²) in [5.41, 5.74) is 2.44. The zero-order valence-corrected chi connectivity index (χ0v) is 17.5. The maximum absolute atomic E-state index is 12.5. The smallest absolute Gasteiger partial charge is 0.224 e. The third kappa shape index (κ3) is 5.23. The Bertz CT molecular complexity index is 915. The summed E-state index contributed by atoms with van der Waals surface area (Å²) in [4.78, 5) is 21.3. The molecule has 0 bridgehead atoms. The molecule has 0 aliphatic carbocycles. The molecule has 0 saturated carbocycles. The lowest BCUT2D eigenvalue weighted by molar-refractivity contribution is -0.129. The molecule has 3 aromatic rings. The molecule has 0 N–H and O–H groups in total. The molecule has 6 nitrogen and oxygen atoms in total. The number of aromatic nitrogens is 2. The van der Waals surface area contributed by atoms with Crippen LogP contribution in [0.3, 0.4) is 0 Å². The summed E-state index contributed by atoms with van der Waals surface area (Å²) in [6.45, 7) is 5.04. The number of rotatable bonds is 8. The molecule has 2 aromatic heterocycles. The first kappa shape index (κ1) is 19.6. The van der Waals surface area contributed by atoms with Gasteiger partial charge in [-0.15, -0.1) is 0 Å². The second kappa shape index (κ2) is 9.22. The van der Waals surface area contributed by atoms with Crippen molar-refractivity contribution in [1.82, 2.24) is 14.3 Å². The quantitative estimate of drug-likeness (QED) is 0.561. The second-order valence-corrected chi connectivity index (χ2v) is 8.22. The van der Waals surface area contributed by atoms with Crippen LogP contribution in [0, 0.1) is 6.92 Å². The van der Waals surface area contributed by atoms with Crippen LogP contribution < -0.4 is 4.90 Å². The number of nitrogens with zero attached hydrogens (tertiary/aromatic N) is 4. The van der Waals surface area contributed by atoms with Crippen molar-refractivity contribution >= 4 is 22.6 Å². The van der Waals surface area contributed by atoms with E-state index >= 15 is 0 Å². The average Bonchev–Trinajstić information content (AvgIpc) is 3.49. The SMILES string of the molecule is Cc1ccc(Cc2nsc(N(CCC(=O)N3CCCC3)Cc3ccco3)n2)cc1. The van der Waals surface area contributed by atoms with Crippen molar-refractivity contribution in [3.63, 3.8) is 0 Å². The summed E-state index contributed by atoms with van der Waals surface area (Å²) in [6, 6.07) is 12.3. The van der Waals surface area contributed by atoms with Gasteiger partial charge in [-0.1, -0.05) is 29.8 Å². The lowest BCUT2D eigenvalue weighted by Crippen LogP contribution is -2.32. The summed E-state index contributed by atoms with van der Waals surface area (Å²) in [5.74, 6) is 1.88. The molecule has 1 aliphatic heterocycles. The molecule has 0 unspecified atom stereocenters. The summed E-state index contributed by atoms with van der Waals surface area (Å²) < 4.78 is 10.1. The van der Waals surface area contributed by atoms with E-state index in [0.29, 0.717) is 25.9 Å². The molecule has 1 saturated heterocycles. The first-order valence-corrected chi connectivity index (χ1v) is 10.9. The predicted molar refractivity (Wildman–Crippen MR) is 114 cm³/mol. The zero-order valence-electron chi connectivity index (χ0n) is 16.7. The Balaban J connectivity index is 1.44. The van der Waals surface area contributed by atoms with Gasteiger partial charge in [0.05, 0.1) is 12.8 Å². The van der Waals surface area contributed by atoms with Crippen molar-refractivity contribution in [2.24, 2.45) is 0 Å². The van der Waals surface area contributed by atoms with Gasteiger partial charge in [-0.25, -0.2) is 4.98 Å². The Morgan fingerprint density at radius 1 is 1.21 bits per heavy atom. The zero-order chi connectivity index (χ0) is 20.1. The highest BCUT2D eigenvalue weighted by Crippen LogP contribution is 2.22. The molecular weight excluding hydrogens is 384 g/mol. The van der Waals surface area contributed by atoms with E-state index in [1.165, 1.54) is 22.7 Å². The standard InChI is InChI=1S/C22H26N4O2S/c1-17-6-8-18(9-7-17)15-20-23-22(29-24-20)26(16-19-5-4-14-28-19)13-10-21(27)25-11-2-3-12-25/h4-9,14H,2-3,10-13,15-16H2,1H3. The Morgan fingerprint density at radius 2 is 2.00 bits per heavy atom. The molecule has 7 heteroatoms. The van der Waals surface area contributed by atoms with E-state index < -0.39 is 0 Å².